The number of fused-ring (bicyclic) bond motifs is 1. The van der Waals surface area contributed by atoms with Crippen LogP contribution in [0.5, 0.6) is 5.75 Å². The van der Waals surface area contributed by atoms with E-state index >= 15 is 0 Å². The number of nitrogens with zero attached hydrogens (tertiary/aromatic N) is 3. The first-order chi connectivity index (χ1) is 13.7. The molecule has 1 aromatic heterocycles. The van der Waals surface area contributed by atoms with Crippen LogP contribution in [0.15, 0.2) is 58.2 Å². The Bertz CT molecular complexity index is 971. The Hall–Kier alpha value is -2.80. The van der Waals surface area contributed by atoms with Gasteiger partial charge < -0.3 is 14.1 Å². The normalized spacial score (nSPS) is 15.5. The lowest BCUT2D eigenvalue weighted by Gasteiger charge is -2.22. The molecule has 0 radical (unpaired) electrons. The quantitative estimate of drug-likeness (QED) is 0.583. The van der Waals surface area contributed by atoms with E-state index in [-0.39, 0.29) is 17.7 Å². The SMILES string of the molecule is CCOc1ccc(-c2nnc(SCC(=O)N3c4ccccc4C[C@@H]3C)o2)cc1. The molecule has 0 aliphatic carbocycles. The largest absolute Gasteiger partial charge is 0.494 e. The first-order valence-electron chi connectivity index (χ1n) is 9.25. The third kappa shape index (κ3) is 3.75. The third-order valence-corrected chi connectivity index (χ3v) is 5.42. The maximum absolute atomic E-state index is 12.8. The summed E-state index contributed by atoms with van der Waals surface area (Å²) in [7, 11) is 0. The van der Waals surface area contributed by atoms with E-state index < -0.39 is 0 Å². The number of benzene rings is 2. The Kier molecular flexibility index (Phi) is 5.34. The van der Waals surface area contributed by atoms with Crippen molar-refractivity contribution in [3.8, 4) is 17.2 Å². The number of ether oxygens (including phenoxy) is 1. The number of carbonyl (C=O) groups excluding carboxylic acids is 1. The summed E-state index contributed by atoms with van der Waals surface area (Å²) in [6, 6.07) is 15.7. The summed E-state index contributed by atoms with van der Waals surface area (Å²) in [5.74, 6) is 1.52. The zero-order valence-electron chi connectivity index (χ0n) is 15.8. The van der Waals surface area contributed by atoms with Crippen LogP contribution in [0.4, 0.5) is 5.69 Å². The van der Waals surface area contributed by atoms with Gasteiger partial charge in [-0.05, 0) is 56.2 Å². The lowest BCUT2D eigenvalue weighted by molar-refractivity contribution is -0.116. The monoisotopic (exact) mass is 395 g/mol. The van der Waals surface area contributed by atoms with Gasteiger partial charge in [0.2, 0.25) is 11.8 Å². The van der Waals surface area contributed by atoms with Gasteiger partial charge in [0.15, 0.2) is 0 Å². The van der Waals surface area contributed by atoms with E-state index in [1.165, 1.54) is 17.3 Å². The van der Waals surface area contributed by atoms with Gasteiger partial charge in [0.05, 0.1) is 12.4 Å². The number of rotatable bonds is 6. The molecule has 0 spiro atoms. The molecule has 1 atom stereocenters. The maximum Gasteiger partial charge on any atom is 0.277 e. The van der Waals surface area contributed by atoms with Crippen LogP contribution >= 0.6 is 11.8 Å². The summed E-state index contributed by atoms with van der Waals surface area (Å²) in [5, 5.41) is 8.53. The Morgan fingerprint density at radius 2 is 2.00 bits per heavy atom. The fourth-order valence-corrected chi connectivity index (χ4v) is 4.01. The highest BCUT2D eigenvalue weighted by molar-refractivity contribution is 7.99. The molecule has 2 heterocycles. The molecule has 4 rings (SSSR count). The van der Waals surface area contributed by atoms with Crippen LogP contribution in [0.1, 0.15) is 19.4 Å². The van der Waals surface area contributed by atoms with Gasteiger partial charge in [-0.15, -0.1) is 10.2 Å². The molecule has 0 bridgehead atoms. The summed E-state index contributed by atoms with van der Waals surface area (Å²) >= 11 is 1.26. The summed E-state index contributed by atoms with van der Waals surface area (Å²) in [6.45, 7) is 4.63. The molecule has 1 aliphatic rings. The van der Waals surface area contributed by atoms with Crippen molar-refractivity contribution in [1.29, 1.82) is 0 Å². The smallest absolute Gasteiger partial charge is 0.277 e. The van der Waals surface area contributed by atoms with Gasteiger partial charge in [-0.2, -0.15) is 0 Å². The highest BCUT2D eigenvalue weighted by Gasteiger charge is 2.30. The Morgan fingerprint density at radius 3 is 2.79 bits per heavy atom. The Labute approximate surface area is 167 Å². The summed E-state index contributed by atoms with van der Waals surface area (Å²) in [4.78, 5) is 14.6. The molecule has 3 aromatic rings. The van der Waals surface area contributed by atoms with Crippen LogP contribution in [0.2, 0.25) is 0 Å². The zero-order chi connectivity index (χ0) is 19.5. The van der Waals surface area contributed by atoms with Gasteiger partial charge in [0.25, 0.3) is 5.22 Å². The van der Waals surface area contributed by atoms with Gasteiger partial charge in [-0.3, -0.25) is 4.79 Å². The second kappa shape index (κ2) is 8.06. The molecule has 144 valence electrons. The van der Waals surface area contributed by atoms with E-state index in [0.717, 1.165) is 23.4 Å². The number of amides is 1. The molecule has 1 aliphatic heterocycles. The molecule has 1 amide bonds. The van der Waals surface area contributed by atoms with Crippen LogP contribution in [-0.2, 0) is 11.2 Å². The molecular formula is C21H21N3O3S. The minimum atomic E-state index is 0.0447. The molecule has 28 heavy (non-hydrogen) atoms. The van der Waals surface area contributed by atoms with Crippen molar-refractivity contribution < 1.29 is 13.9 Å². The van der Waals surface area contributed by atoms with Crippen molar-refractivity contribution in [2.75, 3.05) is 17.3 Å². The minimum absolute atomic E-state index is 0.0447. The number of para-hydroxylation sites is 1. The summed E-state index contributed by atoms with van der Waals surface area (Å²) in [6.07, 6.45) is 0.884. The van der Waals surface area contributed by atoms with Crippen molar-refractivity contribution >= 4 is 23.4 Å². The highest BCUT2D eigenvalue weighted by Crippen LogP contribution is 2.33. The topological polar surface area (TPSA) is 68.5 Å². The zero-order valence-corrected chi connectivity index (χ0v) is 16.6. The van der Waals surface area contributed by atoms with Gasteiger partial charge in [0, 0.05) is 17.3 Å². The molecule has 7 heteroatoms. The predicted molar refractivity (Wildman–Crippen MR) is 109 cm³/mol. The van der Waals surface area contributed by atoms with Crippen LogP contribution < -0.4 is 9.64 Å². The van der Waals surface area contributed by atoms with Crippen LogP contribution in [0.25, 0.3) is 11.5 Å². The van der Waals surface area contributed by atoms with E-state index in [1.54, 1.807) is 0 Å². The fraction of sp³-hybridized carbons (Fsp3) is 0.286. The van der Waals surface area contributed by atoms with Crippen LogP contribution in [-0.4, -0.2) is 34.5 Å². The Morgan fingerprint density at radius 1 is 1.21 bits per heavy atom. The van der Waals surface area contributed by atoms with Crippen molar-refractivity contribution in [2.24, 2.45) is 0 Å². The van der Waals surface area contributed by atoms with E-state index in [0.29, 0.717) is 17.7 Å². The average Bonchev–Trinajstić information content (AvgIpc) is 3.30. The number of hydrogen-bond donors (Lipinski definition) is 0. The van der Waals surface area contributed by atoms with Crippen LogP contribution in [0, 0.1) is 0 Å². The summed E-state index contributed by atoms with van der Waals surface area (Å²) in [5.41, 5.74) is 3.03. The molecule has 0 saturated carbocycles. The van der Waals surface area contributed by atoms with Crippen LogP contribution in [0.3, 0.4) is 0 Å². The lowest BCUT2D eigenvalue weighted by Crippen LogP contribution is -2.36. The lowest BCUT2D eigenvalue weighted by atomic mass is 10.1. The van der Waals surface area contributed by atoms with E-state index in [4.69, 9.17) is 9.15 Å². The first-order valence-corrected chi connectivity index (χ1v) is 10.2. The molecule has 0 unspecified atom stereocenters. The molecule has 0 saturated heterocycles. The molecule has 6 nitrogen and oxygen atoms in total. The van der Waals surface area contributed by atoms with Crippen molar-refractivity contribution in [2.45, 2.75) is 31.5 Å². The van der Waals surface area contributed by atoms with Crippen molar-refractivity contribution in [3.63, 3.8) is 0 Å². The first kappa shape index (κ1) is 18.6. The standard InChI is InChI=1S/C21H21N3O3S/c1-3-26-17-10-8-15(9-11-17)20-22-23-21(27-20)28-13-19(25)24-14(2)12-16-6-4-5-7-18(16)24/h4-11,14H,3,12-13H2,1-2H3/t14-/m0/s1. The number of aromatic nitrogens is 2. The fourth-order valence-electron chi connectivity index (χ4n) is 3.38. The second-order valence-electron chi connectivity index (χ2n) is 6.56. The summed E-state index contributed by atoms with van der Waals surface area (Å²) < 4.78 is 11.1. The molecule has 2 aromatic carbocycles. The van der Waals surface area contributed by atoms with Gasteiger partial charge in [0.1, 0.15) is 5.75 Å². The molecule has 0 N–H and O–H groups in total. The molecular weight excluding hydrogens is 374 g/mol. The Balaban J connectivity index is 1.40. The number of carbonyl (C=O) groups is 1. The third-order valence-electron chi connectivity index (χ3n) is 4.61. The number of anilines is 1. The van der Waals surface area contributed by atoms with Gasteiger partial charge in [-0.25, -0.2) is 0 Å². The number of hydrogen-bond acceptors (Lipinski definition) is 6. The van der Waals surface area contributed by atoms with Crippen molar-refractivity contribution in [1.82, 2.24) is 10.2 Å². The maximum atomic E-state index is 12.8. The van der Waals surface area contributed by atoms with E-state index in [2.05, 4.69) is 23.2 Å². The van der Waals surface area contributed by atoms with Crippen molar-refractivity contribution in [3.05, 3.63) is 54.1 Å². The minimum Gasteiger partial charge on any atom is -0.494 e. The average molecular weight is 395 g/mol. The van der Waals surface area contributed by atoms with E-state index in [1.807, 2.05) is 54.3 Å². The van der Waals surface area contributed by atoms with E-state index in [9.17, 15) is 4.79 Å². The predicted octanol–water partition coefficient (Wildman–Crippen LogP) is 4.21. The van der Waals surface area contributed by atoms with Gasteiger partial charge >= 0.3 is 0 Å². The second-order valence-corrected chi connectivity index (χ2v) is 7.49. The molecule has 0 fully saturated rings. The highest BCUT2D eigenvalue weighted by atomic mass is 32.2. The van der Waals surface area contributed by atoms with Gasteiger partial charge in [-0.1, -0.05) is 30.0 Å². The number of thioether (sulfide) groups is 1.